The van der Waals surface area contributed by atoms with Crippen molar-refractivity contribution in [2.24, 2.45) is 0 Å². The molecule has 0 amide bonds. The number of hydrogen-bond donors (Lipinski definition) is 0. The van der Waals surface area contributed by atoms with E-state index < -0.39 is 23.9 Å². The van der Waals surface area contributed by atoms with E-state index in [9.17, 15) is 24.0 Å². The molecule has 0 N–H and O–H groups in total. The smallest absolute Gasteiger partial charge is 0.346 e. The molecule has 2 aliphatic heterocycles. The number of carbonyl (C=O) groups is 5. The van der Waals surface area contributed by atoms with Crippen molar-refractivity contribution in [1.29, 1.82) is 0 Å². The SMILES string of the molecule is COC(=O)C1=C(C(=O)OC)SC(=CC(C=O)=C2SC(C(=O)OC)=C(C(=O)OC)S2)S1. The van der Waals surface area contributed by atoms with Crippen molar-refractivity contribution in [2.75, 3.05) is 28.4 Å². The van der Waals surface area contributed by atoms with Crippen LogP contribution in [0.2, 0.25) is 0 Å². The molecule has 0 saturated heterocycles. The summed E-state index contributed by atoms with van der Waals surface area (Å²) in [6, 6.07) is 0. The van der Waals surface area contributed by atoms with Gasteiger partial charge in [0.1, 0.15) is 19.6 Å². The van der Waals surface area contributed by atoms with E-state index in [-0.39, 0.29) is 25.2 Å². The molecule has 0 saturated carbocycles. The van der Waals surface area contributed by atoms with Crippen LogP contribution in [0.15, 0.2) is 39.7 Å². The fraction of sp³-hybridized carbons (Fsp3) is 0.235. The Morgan fingerprint density at radius 3 is 1.27 bits per heavy atom. The largest absolute Gasteiger partial charge is 0.465 e. The highest BCUT2D eigenvalue weighted by molar-refractivity contribution is 8.30. The van der Waals surface area contributed by atoms with Crippen LogP contribution in [0, 0.1) is 0 Å². The van der Waals surface area contributed by atoms with Gasteiger partial charge in [0.15, 0.2) is 6.29 Å². The van der Waals surface area contributed by atoms with Crippen LogP contribution < -0.4 is 0 Å². The van der Waals surface area contributed by atoms with Crippen molar-refractivity contribution in [3.05, 3.63) is 39.7 Å². The maximum atomic E-state index is 12.0. The molecular formula is C17H14O9S4. The van der Waals surface area contributed by atoms with Crippen molar-refractivity contribution in [2.45, 2.75) is 0 Å². The standard InChI is InChI=1S/C17H14O9S4/c1-23-13(19)9-10(14(20)24-2)28-8(27-9)5-7(6-18)17-29-11(15(21)25-3)12(30-17)16(22)26-4/h5-6H,1-4H3. The molecule has 0 aromatic rings. The maximum absolute atomic E-state index is 12.0. The summed E-state index contributed by atoms with van der Waals surface area (Å²) in [6.07, 6.45) is 1.97. The summed E-state index contributed by atoms with van der Waals surface area (Å²) in [5.41, 5.74) is 0.135. The zero-order valence-corrected chi connectivity index (χ0v) is 19.2. The molecule has 2 aliphatic rings. The van der Waals surface area contributed by atoms with Gasteiger partial charge >= 0.3 is 23.9 Å². The third-order valence-electron chi connectivity index (χ3n) is 3.33. The minimum atomic E-state index is -0.743. The molecule has 2 heterocycles. The third kappa shape index (κ3) is 5.14. The van der Waals surface area contributed by atoms with Gasteiger partial charge in [-0.1, -0.05) is 47.0 Å². The Kier molecular flexibility index (Phi) is 8.70. The van der Waals surface area contributed by atoms with E-state index in [2.05, 4.69) is 18.9 Å². The minimum Gasteiger partial charge on any atom is -0.465 e. The van der Waals surface area contributed by atoms with E-state index in [0.29, 0.717) is 14.8 Å². The number of carbonyl (C=O) groups excluding carboxylic acids is 5. The van der Waals surface area contributed by atoms with Crippen LogP contribution >= 0.6 is 47.0 Å². The maximum Gasteiger partial charge on any atom is 0.346 e. The molecule has 0 fully saturated rings. The van der Waals surface area contributed by atoms with Crippen molar-refractivity contribution >= 4 is 77.2 Å². The van der Waals surface area contributed by atoms with E-state index in [1.54, 1.807) is 0 Å². The second kappa shape index (κ2) is 10.8. The number of thioether (sulfide) groups is 4. The summed E-state index contributed by atoms with van der Waals surface area (Å²) in [6.45, 7) is 0. The number of ether oxygens (including phenoxy) is 4. The predicted molar refractivity (Wildman–Crippen MR) is 114 cm³/mol. The van der Waals surface area contributed by atoms with E-state index in [0.717, 1.165) is 47.0 Å². The van der Waals surface area contributed by atoms with Crippen LogP contribution in [-0.4, -0.2) is 58.6 Å². The average Bonchev–Trinajstić information content (AvgIpc) is 3.40. The van der Waals surface area contributed by atoms with Crippen LogP contribution in [0.3, 0.4) is 0 Å². The van der Waals surface area contributed by atoms with Crippen molar-refractivity contribution in [3.63, 3.8) is 0 Å². The van der Waals surface area contributed by atoms with Crippen molar-refractivity contribution < 1.29 is 42.9 Å². The normalized spacial score (nSPS) is 15.7. The van der Waals surface area contributed by atoms with Gasteiger partial charge in [-0.25, -0.2) is 19.2 Å². The molecule has 9 nitrogen and oxygen atoms in total. The van der Waals surface area contributed by atoms with Crippen molar-refractivity contribution in [1.82, 2.24) is 0 Å². The molecule has 0 spiro atoms. The van der Waals surface area contributed by atoms with Crippen LogP contribution in [0.5, 0.6) is 0 Å². The van der Waals surface area contributed by atoms with Gasteiger partial charge in [-0.05, 0) is 6.08 Å². The molecule has 0 bridgehead atoms. The zero-order valence-electron chi connectivity index (χ0n) is 16.0. The molecule has 0 aliphatic carbocycles. The minimum absolute atomic E-state index is 0.00236. The molecule has 30 heavy (non-hydrogen) atoms. The van der Waals surface area contributed by atoms with Gasteiger partial charge < -0.3 is 18.9 Å². The molecule has 0 aromatic carbocycles. The van der Waals surface area contributed by atoms with E-state index in [1.165, 1.54) is 34.5 Å². The summed E-state index contributed by atoms with van der Waals surface area (Å²) >= 11 is 3.66. The van der Waals surface area contributed by atoms with Gasteiger partial charge in [0, 0.05) is 5.57 Å². The summed E-state index contributed by atoms with van der Waals surface area (Å²) in [7, 11) is 4.69. The molecule has 13 heteroatoms. The Morgan fingerprint density at radius 2 is 0.967 bits per heavy atom. The number of methoxy groups -OCH3 is 4. The highest BCUT2D eigenvalue weighted by atomic mass is 32.2. The Morgan fingerprint density at radius 1 is 0.633 bits per heavy atom. The molecular weight excluding hydrogens is 476 g/mol. The molecule has 0 aromatic heterocycles. The first-order valence-electron chi connectivity index (χ1n) is 7.75. The Labute approximate surface area is 188 Å². The highest BCUT2D eigenvalue weighted by Gasteiger charge is 2.35. The first-order valence-corrected chi connectivity index (χ1v) is 11.0. The first kappa shape index (κ1) is 24.2. The number of allylic oxidation sites excluding steroid dienone is 2. The second-order valence-electron chi connectivity index (χ2n) is 5.02. The molecule has 0 unspecified atom stereocenters. The Hall–Kier alpha value is -2.09. The topological polar surface area (TPSA) is 122 Å². The summed E-state index contributed by atoms with van der Waals surface area (Å²) in [5, 5.41) is 0. The molecule has 0 atom stereocenters. The Bertz CT molecular complexity index is 883. The van der Waals surface area contributed by atoms with Gasteiger partial charge in [-0.2, -0.15) is 0 Å². The number of aldehydes is 1. The molecule has 160 valence electrons. The van der Waals surface area contributed by atoms with E-state index >= 15 is 0 Å². The van der Waals surface area contributed by atoms with Gasteiger partial charge in [0.25, 0.3) is 0 Å². The third-order valence-corrected chi connectivity index (χ3v) is 8.36. The average molecular weight is 491 g/mol. The van der Waals surface area contributed by atoms with Crippen molar-refractivity contribution in [3.8, 4) is 0 Å². The molecule has 0 radical (unpaired) electrons. The summed E-state index contributed by atoms with van der Waals surface area (Å²) in [4.78, 5) is 59.7. The lowest BCUT2D eigenvalue weighted by atomic mass is 10.3. The van der Waals surface area contributed by atoms with Gasteiger partial charge in [-0.15, -0.1) is 0 Å². The first-order chi connectivity index (χ1) is 14.3. The van der Waals surface area contributed by atoms with Gasteiger partial charge in [-0.3, -0.25) is 4.79 Å². The van der Waals surface area contributed by atoms with Crippen LogP contribution in [0.1, 0.15) is 0 Å². The number of esters is 4. The fourth-order valence-electron chi connectivity index (χ4n) is 1.97. The summed E-state index contributed by atoms with van der Waals surface area (Å²) < 4.78 is 19.5. The predicted octanol–water partition coefficient (Wildman–Crippen LogP) is 2.31. The van der Waals surface area contributed by atoms with E-state index in [4.69, 9.17) is 0 Å². The second-order valence-corrected chi connectivity index (χ2v) is 9.68. The highest BCUT2D eigenvalue weighted by Crippen LogP contribution is 2.54. The summed E-state index contributed by atoms with van der Waals surface area (Å²) in [5.74, 6) is -2.92. The van der Waals surface area contributed by atoms with Gasteiger partial charge in [0.05, 0.1) is 36.9 Å². The lowest BCUT2D eigenvalue weighted by Crippen LogP contribution is -2.08. The lowest BCUT2D eigenvalue weighted by molar-refractivity contribution is -0.138. The lowest BCUT2D eigenvalue weighted by Gasteiger charge is -2.02. The van der Waals surface area contributed by atoms with Gasteiger partial charge in [0.2, 0.25) is 0 Å². The van der Waals surface area contributed by atoms with E-state index in [1.807, 2.05) is 0 Å². The van der Waals surface area contributed by atoms with Crippen LogP contribution in [0.25, 0.3) is 0 Å². The van der Waals surface area contributed by atoms with Crippen LogP contribution in [-0.2, 0) is 42.9 Å². The quantitative estimate of drug-likeness (QED) is 0.234. The number of rotatable bonds is 6. The van der Waals surface area contributed by atoms with Crippen LogP contribution in [0.4, 0.5) is 0 Å². The fourth-order valence-corrected chi connectivity index (χ4v) is 6.77. The molecule has 2 rings (SSSR count). The zero-order chi connectivity index (χ0) is 22.4. The number of hydrogen-bond acceptors (Lipinski definition) is 13. The Balaban J connectivity index is 2.39. The monoisotopic (exact) mass is 490 g/mol.